The van der Waals surface area contributed by atoms with Crippen LogP contribution in [0, 0.1) is 0 Å². The molecule has 2 aliphatic rings. The molecule has 0 amide bonds. The molecule has 2 saturated heterocycles. The van der Waals surface area contributed by atoms with Crippen molar-refractivity contribution in [2.45, 2.75) is 63.4 Å². The number of rotatable bonds is 8. The summed E-state index contributed by atoms with van der Waals surface area (Å²) >= 11 is 2.05. The predicted molar refractivity (Wildman–Crippen MR) is 125 cm³/mol. The lowest BCUT2D eigenvalue weighted by Crippen LogP contribution is -2.46. The number of nitrogens with one attached hydrogen (secondary N) is 2. The fourth-order valence-electron chi connectivity index (χ4n) is 4.38. The van der Waals surface area contributed by atoms with Gasteiger partial charge in [0.2, 0.25) is 0 Å². The van der Waals surface area contributed by atoms with Gasteiger partial charge < -0.3 is 15.4 Å². The fraction of sp³-hybridized carbons (Fsp3) is 0.696. The largest absolute Gasteiger partial charge is 0.381 e. The van der Waals surface area contributed by atoms with E-state index >= 15 is 0 Å². The monoisotopic (exact) mass is 418 g/mol. The second-order valence-electron chi connectivity index (χ2n) is 8.26. The second kappa shape index (κ2) is 11.2. The molecule has 162 valence electrons. The maximum absolute atomic E-state index is 5.61. The molecular formula is C23H38N4OS. The van der Waals surface area contributed by atoms with Gasteiger partial charge in [0.05, 0.1) is 6.54 Å². The lowest BCUT2D eigenvalue weighted by atomic mass is 9.99. The molecule has 2 aliphatic heterocycles. The molecule has 2 N–H and O–H groups in total. The minimum absolute atomic E-state index is 0.234. The van der Waals surface area contributed by atoms with Crippen LogP contribution in [0.3, 0.4) is 0 Å². The van der Waals surface area contributed by atoms with Crippen LogP contribution in [0.4, 0.5) is 0 Å². The third-order valence-electron chi connectivity index (χ3n) is 6.00. The Hall–Kier alpha value is -1.24. The molecule has 0 aromatic heterocycles. The number of nitrogens with zero attached hydrogens (tertiary/aromatic N) is 2. The summed E-state index contributed by atoms with van der Waals surface area (Å²) in [6.45, 7) is 12.3. The molecule has 0 aliphatic carbocycles. The van der Waals surface area contributed by atoms with E-state index in [0.717, 1.165) is 70.4 Å². The smallest absolute Gasteiger partial charge is 0.191 e. The first-order chi connectivity index (χ1) is 14.1. The fourth-order valence-corrected chi connectivity index (χ4v) is 5.60. The van der Waals surface area contributed by atoms with E-state index in [2.05, 4.69) is 78.4 Å². The third-order valence-corrected chi connectivity index (χ3v) is 7.44. The Balaban J connectivity index is 1.58. The van der Waals surface area contributed by atoms with Gasteiger partial charge in [-0.05, 0) is 44.4 Å². The molecule has 1 aromatic carbocycles. The van der Waals surface area contributed by atoms with Crippen molar-refractivity contribution in [3.05, 3.63) is 35.9 Å². The van der Waals surface area contributed by atoms with Crippen LogP contribution in [-0.2, 0) is 11.3 Å². The van der Waals surface area contributed by atoms with E-state index in [-0.39, 0.29) is 4.75 Å². The quantitative estimate of drug-likeness (QED) is 0.500. The van der Waals surface area contributed by atoms with Gasteiger partial charge in [-0.1, -0.05) is 37.3 Å². The zero-order valence-corrected chi connectivity index (χ0v) is 19.1. The highest BCUT2D eigenvalue weighted by Crippen LogP contribution is 2.35. The van der Waals surface area contributed by atoms with Gasteiger partial charge in [-0.3, -0.25) is 9.89 Å². The predicted octanol–water partition coefficient (Wildman–Crippen LogP) is 3.51. The molecule has 2 heterocycles. The highest BCUT2D eigenvalue weighted by molar-refractivity contribution is 8.00. The normalized spacial score (nSPS) is 25.1. The summed E-state index contributed by atoms with van der Waals surface area (Å²) in [6.07, 6.45) is 3.35. The van der Waals surface area contributed by atoms with E-state index in [1.54, 1.807) is 0 Å². The Morgan fingerprint density at radius 1 is 1.24 bits per heavy atom. The van der Waals surface area contributed by atoms with Gasteiger partial charge in [-0.2, -0.15) is 11.8 Å². The minimum Gasteiger partial charge on any atom is -0.381 e. The van der Waals surface area contributed by atoms with Crippen molar-refractivity contribution in [2.24, 2.45) is 4.99 Å². The molecular weight excluding hydrogens is 380 g/mol. The van der Waals surface area contributed by atoms with Crippen LogP contribution in [0.5, 0.6) is 0 Å². The number of hydrogen-bond acceptors (Lipinski definition) is 4. The van der Waals surface area contributed by atoms with E-state index < -0.39 is 0 Å². The number of aliphatic imine (C=N–C) groups is 1. The van der Waals surface area contributed by atoms with Gasteiger partial charge in [0.25, 0.3) is 0 Å². The molecule has 0 saturated carbocycles. The second-order valence-corrected chi connectivity index (χ2v) is 10.00. The number of hydrogen-bond donors (Lipinski definition) is 2. The summed E-state index contributed by atoms with van der Waals surface area (Å²) in [5.41, 5.74) is 1.39. The summed E-state index contributed by atoms with van der Waals surface area (Å²) in [7, 11) is 0. The first-order valence-corrected chi connectivity index (χ1v) is 12.2. The molecule has 0 radical (unpaired) electrons. The zero-order chi connectivity index (χ0) is 20.5. The van der Waals surface area contributed by atoms with Crippen molar-refractivity contribution in [2.75, 3.05) is 38.6 Å². The van der Waals surface area contributed by atoms with Crippen molar-refractivity contribution >= 4 is 17.7 Å². The topological polar surface area (TPSA) is 48.9 Å². The Bertz CT molecular complexity index is 628. The summed E-state index contributed by atoms with van der Waals surface area (Å²) in [6, 6.07) is 11.8. The SMILES string of the molecule is CCNC(=NCC1(SCC)CCOCC1)NC1CC(C)N(Cc2ccccc2)C1. The van der Waals surface area contributed by atoms with Crippen LogP contribution < -0.4 is 10.6 Å². The first-order valence-electron chi connectivity index (χ1n) is 11.2. The van der Waals surface area contributed by atoms with Crippen molar-refractivity contribution in [1.29, 1.82) is 0 Å². The first kappa shape index (κ1) is 22.4. The number of guanidine groups is 1. The summed E-state index contributed by atoms with van der Waals surface area (Å²) in [5, 5.41) is 7.19. The highest BCUT2D eigenvalue weighted by Gasteiger charge is 2.33. The van der Waals surface area contributed by atoms with Gasteiger partial charge in [-0.25, -0.2) is 0 Å². The van der Waals surface area contributed by atoms with Gasteiger partial charge in [0.1, 0.15) is 0 Å². The molecule has 3 rings (SSSR count). The number of benzene rings is 1. The minimum atomic E-state index is 0.234. The molecule has 5 nitrogen and oxygen atoms in total. The average Bonchev–Trinajstić information content (AvgIpc) is 3.07. The molecule has 1 aromatic rings. The lowest BCUT2D eigenvalue weighted by molar-refractivity contribution is 0.0793. The van der Waals surface area contributed by atoms with Crippen molar-refractivity contribution in [3.8, 4) is 0 Å². The lowest BCUT2D eigenvalue weighted by Gasteiger charge is -2.35. The Labute approximate surface area is 181 Å². The number of ether oxygens (including phenoxy) is 1. The Kier molecular flexibility index (Phi) is 8.69. The van der Waals surface area contributed by atoms with Crippen LogP contribution in [0.2, 0.25) is 0 Å². The molecule has 2 unspecified atom stereocenters. The maximum Gasteiger partial charge on any atom is 0.191 e. The molecule has 29 heavy (non-hydrogen) atoms. The summed E-state index contributed by atoms with van der Waals surface area (Å²) in [5.74, 6) is 2.10. The highest BCUT2D eigenvalue weighted by atomic mass is 32.2. The van der Waals surface area contributed by atoms with E-state index in [1.165, 1.54) is 5.56 Å². The van der Waals surface area contributed by atoms with Crippen LogP contribution in [0.15, 0.2) is 35.3 Å². The van der Waals surface area contributed by atoms with E-state index in [9.17, 15) is 0 Å². The van der Waals surface area contributed by atoms with Gasteiger partial charge in [0, 0.05) is 49.7 Å². The Morgan fingerprint density at radius 3 is 2.69 bits per heavy atom. The molecule has 0 bridgehead atoms. The van der Waals surface area contributed by atoms with Crippen LogP contribution in [0.1, 0.15) is 45.6 Å². The zero-order valence-electron chi connectivity index (χ0n) is 18.3. The number of likely N-dealkylation sites (tertiary alicyclic amines) is 1. The molecule has 2 fully saturated rings. The van der Waals surface area contributed by atoms with Crippen LogP contribution in [0.25, 0.3) is 0 Å². The standard InChI is InChI=1S/C23H38N4OS/c1-4-24-22(25-18-23(29-5-2)11-13-28-14-12-23)26-21-15-19(3)27(17-21)16-20-9-7-6-8-10-20/h6-10,19,21H,4-5,11-18H2,1-3H3,(H2,24,25,26). The van der Waals surface area contributed by atoms with Crippen LogP contribution >= 0.6 is 11.8 Å². The van der Waals surface area contributed by atoms with Gasteiger partial charge >= 0.3 is 0 Å². The Morgan fingerprint density at radius 2 is 2.00 bits per heavy atom. The van der Waals surface area contributed by atoms with Crippen molar-refractivity contribution in [1.82, 2.24) is 15.5 Å². The average molecular weight is 419 g/mol. The summed E-state index contributed by atoms with van der Waals surface area (Å²) < 4.78 is 5.84. The maximum atomic E-state index is 5.61. The van der Waals surface area contributed by atoms with Gasteiger partial charge in [0.15, 0.2) is 5.96 Å². The van der Waals surface area contributed by atoms with Crippen LogP contribution in [-0.4, -0.2) is 66.3 Å². The molecule has 6 heteroatoms. The van der Waals surface area contributed by atoms with E-state index in [0.29, 0.717) is 12.1 Å². The third kappa shape index (κ3) is 6.63. The van der Waals surface area contributed by atoms with Crippen molar-refractivity contribution < 1.29 is 4.74 Å². The summed E-state index contributed by atoms with van der Waals surface area (Å²) in [4.78, 5) is 7.60. The van der Waals surface area contributed by atoms with Gasteiger partial charge in [-0.15, -0.1) is 0 Å². The van der Waals surface area contributed by atoms with E-state index in [1.807, 2.05) is 0 Å². The molecule has 0 spiro atoms. The molecule has 2 atom stereocenters. The van der Waals surface area contributed by atoms with E-state index in [4.69, 9.17) is 9.73 Å². The van der Waals surface area contributed by atoms with Crippen molar-refractivity contribution in [3.63, 3.8) is 0 Å². The number of thioether (sulfide) groups is 1.